The van der Waals surface area contributed by atoms with Crippen molar-refractivity contribution in [2.45, 2.75) is 109 Å². The lowest BCUT2D eigenvalue weighted by molar-refractivity contribution is -0.132. The van der Waals surface area contributed by atoms with E-state index in [-0.39, 0.29) is 5.97 Å². The van der Waals surface area contributed by atoms with E-state index in [0.717, 1.165) is 12.5 Å². The molecule has 0 aliphatic rings. The zero-order chi connectivity index (χ0) is 19.5. The molecule has 0 radical (unpaired) electrons. The van der Waals surface area contributed by atoms with Crippen LogP contribution in [0.1, 0.15) is 65.2 Å². The van der Waals surface area contributed by atoms with Crippen LogP contribution in [0.4, 0.5) is 0 Å². The van der Waals surface area contributed by atoms with Gasteiger partial charge < -0.3 is 24.9 Å². The molecular formula is C18H38O6Si. The summed E-state index contributed by atoms with van der Waals surface area (Å²) in [7, 11) is -1.98. The quantitative estimate of drug-likeness (QED) is 0.346. The van der Waals surface area contributed by atoms with E-state index in [1.807, 2.05) is 13.1 Å². The molecule has 0 spiro atoms. The van der Waals surface area contributed by atoms with Crippen LogP contribution >= 0.6 is 0 Å². The molecule has 0 saturated carbocycles. The summed E-state index contributed by atoms with van der Waals surface area (Å²) in [5, 5.41) is 38.9. The van der Waals surface area contributed by atoms with Gasteiger partial charge in [0.15, 0.2) is 0 Å². The highest BCUT2D eigenvalue weighted by Crippen LogP contribution is 2.19. The van der Waals surface area contributed by atoms with Crippen molar-refractivity contribution in [1.29, 1.82) is 0 Å². The number of hydrogen-bond donors (Lipinski definition) is 4. The molecule has 0 aromatic carbocycles. The van der Waals surface area contributed by atoms with Crippen molar-refractivity contribution in [3.8, 4) is 0 Å². The number of rotatable bonds is 14. The average Bonchev–Trinajstić information content (AvgIpc) is 2.47. The molecule has 7 heteroatoms. The van der Waals surface area contributed by atoms with E-state index in [1.54, 1.807) is 6.92 Å². The maximum Gasteiger partial charge on any atom is 0.289 e. The summed E-state index contributed by atoms with van der Waals surface area (Å²) in [6.45, 7) is 7.10. The third-order valence-corrected chi connectivity index (χ3v) is 6.72. The number of aliphatic hydroxyl groups excluding tert-OH is 4. The van der Waals surface area contributed by atoms with Crippen LogP contribution in [-0.4, -0.2) is 59.1 Å². The molecule has 0 rings (SSSR count). The lowest BCUT2D eigenvalue weighted by Gasteiger charge is -2.22. The van der Waals surface area contributed by atoms with Gasteiger partial charge in [-0.3, -0.25) is 4.79 Å². The highest BCUT2D eigenvalue weighted by molar-refractivity contribution is 6.72. The maximum atomic E-state index is 11.0. The van der Waals surface area contributed by atoms with Gasteiger partial charge >= 0.3 is 0 Å². The summed E-state index contributed by atoms with van der Waals surface area (Å²) in [6, 6.07) is 0.821. The lowest BCUT2D eigenvalue weighted by atomic mass is 10.00. The third-order valence-electron chi connectivity index (χ3n) is 4.32. The largest absolute Gasteiger partial charge is 0.520 e. The number of carbonyl (C=O) groups is 1. The zero-order valence-electron chi connectivity index (χ0n) is 16.3. The Kier molecular flexibility index (Phi) is 12.6. The van der Waals surface area contributed by atoms with Crippen molar-refractivity contribution in [2.24, 2.45) is 0 Å². The molecule has 0 aliphatic carbocycles. The van der Waals surface area contributed by atoms with Gasteiger partial charge in [0.1, 0.15) is 0 Å². The Labute approximate surface area is 153 Å². The van der Waals surface area contributed by atoms with Gasteiger partial charge in [-0.25, -0.2) is 0 Å². The highest BCUT2D eigenvalue weighted by Gasteiger charge is 2.25. The number of aliphatic hydroxyl groups is 4. The van der Waals surface area contributed by atoms with E-state index in [0.29, 0.717) is 44.9 Å². The van der Waals surface area contributed by atoms with E-state index in [4.69, 9.17) is 4.43 Å². The van der Waals surface area contributed by atoms with Crippen LogP contribution in [0.5, 0.6) is 0 Å². The van der Waals surface area contributed by atoms with Gasteiger partial charge in [0.25, 0.3) is 5.97 Å². The van der Waals surface area contributed by atoms with Crippen molar-refractivity contribution in [2.75, 3.05) is 0 Å². The fraction of sp³-hybridized carbons (Fsp3) is 0.944. The van der Waals surface area contributed by atoms with Gasteiger partial charge in [-0.2, -0.15) is 0 Å². The first-order chi connectivity index (χ1) is 11.5. The number of carbonyl (C=O) groups excluding carboxylic acids is 1. The molecule has 6 nitrogen and oxygen atoms in total. The summed E-state index contributed by atoms with van der Waals surface area (Å²) in [5.74, 6) is -0.240. The molecule has 150 valence electrons. The molecule has 0 amide bonds. The van der Waals surface area contributed by atoms with E-state index in [1.165, 1.54) is 6.92 Å². The van der Waals surface area contributed by atoms with Crippen LogP contribution in [0.2, 0.25) is 19.1 Å². The minimum Gasteiger partial charge on any atom is -0.520 e. The van der Waals surface area contributed by atoms with Crippen LogP contribution in [0.3, 0.4) is 0 Å². The van der Waals surface area contributed by atoms with Crippen LogP contribution in [-0.2, 0) is 9.22 Å². The molecule has 25 heavy (non-hydrogen) atoms. The molecular weight excluding hydrogens is 340 g/mol. The van der Waals surface area contributed by atoms with Crippen LogP contribution in [0.15, 0.2) is 0 Å². The first-order valence-corrected chi connectivity index (χ1v) is 12.5. The van der Waals surface area contributed by atoms with Crippen molar-refractivity contribution < 1.29 is 29.6 Å². The van der Waals surface area contributed by atoms with Gasteiger partial charge in [-0.1, -0.05) is 6.42 Å². The third kappa shape index (κ3) is 15.5. The average molecular weight is 379 g/mol. The normalized spacial score (nSPS) is 17.0. The van der Waals surface area contributed by atoms with Crippen LogP contribution in [0.25, 0.3) is 0 Å². The predicted octanol–water partition coefficient (Wildman–Crippen LogP) is 2.34. The zero-order valence-corrected chi connectivity index (χ0v) is 17.3. The first kappa shape index (κ1) is 24.5. The molecule has 4 atom stereocenters. The summed E-state index contributed by atoms with van der Waals surface area (Å²) in [6.07, 6.45) is 2.69. The molecule has 0 aromatic rings. The highest BCUT2D eigenvalue weighted by atomic mass is 28.4. The fourth-order valence-corrected chi connectivity index (χ4v) is 4.78. The van der Waals surface area contributed by atoms with Crippen molar-refractivity contribution >= 4 is 14.3 Å². The molecule has 4 unspecified atom stereocenters. The monoisotopic (exact) mass is 378 g/mol. The van der Waals surface area contributed by atoms with Gasteiger partial charge in [-0.15, -0.1) is 0 Å². The Morgan fingerprint density at radius 2 is 1.24 bits per heavy atom. The summed E-state index contributed by atoms with van der Waals surface area (Å²) < 4.78 is 5.35. The molecule has 0 saturated heterocycles. The Bertz CT molecular complexity index is 361. The summed E-state index contributed by atoms with van der Waals surface area (Å²) in [4.78, 5) is 11.0. The minimum absolute atomic E-state index is 0.240. The topological polar surface area (TPSA) is 107 Å². The smallest absolute Gasteiger partial charge is 0.289 e. The van der Waals surface area contributed by atoms with Crippen molar-refractivity contribution in [3.05, 3.63) is 0 Å². The van der Waals surface area contributed by atoms with Gasteiger partial charge in [0.2, 0.25) is 8.32 Å². The first-order valence-electron chi connectivity index (χ1n) is 9.43. The van der Waals surface area contributed by atoms with Crippen LogP contribution in [0, 0.1) is 0 Å². The maximum absolute atomic E-state index is 11.0. The van der Waals surface area contributed by atoms with Crippen molar-refractivity contribution in [1.82, 2.24) is 0 Å². The molecule has 0 bridgehead atoms. The van der Waals surface area contributed by atoms with E-state index in [9.17, 15) is 25.2 Å². The second-order valence-electron chi connectivity index (χ2n) is 7.79. The van der Waals surface area contributed by atoms with E-state index in [2.05, 4.69) is 0 Å². The molecule has 4 N–H and O–H groups in total. The molecule has 0 aliphatic heterocycles. The molecule has 0 aromatic heterocycles. The Hall–Kier alpha value is -0.473. The van der Waals surface area contributed by atoms with Crippen LogP contribution < -0.4 is 0 Å². The minimum atomic E-state index is -1.98. The second-order valence-corrected chi connectivity index (χ2v) is 12.0. The standard InChI is InChI=1S/C18H38O6Si/c1-14(19)7-8-17(22)11-12-18(23)10-9-16(21)6-5-13-25(3,4)24-15(2)20/h14,16-19,21-23H,5-13H2,1-4H3. The summed E-state index contributed by atoms with van der Waals surface area (Å²) in [5.41, 5.74) is 0. The lowest BCUT2D eigenvalue weighted by Crippen LogP contribution is -2.32. The Balaban J connectivity index is 3.79. The molecule has 0 fully saturated rings. The Morgan fingerprint density at radius 3 is 1.64 bits per heavy atom. The summed E-state index contributed by atoms with van der Waals surface area (Å²) >= 11 is 0. The molecule has 0 heterocycles. The number of hydrogen-bond acceptors (Lipinski definition) is 6. The van der Waals surface area contributed by atoms with Gasteiger partial charge in [0, 0.05) is 6.92 Å². The Morgan fingerprint density at radius 1 is 0.840 bits per heavy atom. The van der Waals surface area contributed by atoms with Gasteiger partial charge in [0.05, 0.1) is 24.4 Å². The van der Waals surface area contributed by atoms with E-state index >= 15 is 0 Å². The van der Waals surface area contributed by atoms with Gasteiger partial charge in [-0.05, 0) is 71.0 Å². The second kappa shape index (κ2) is 12.8. The van der Waals surface area contributed by atoms with Crippen molar-refractivity contribution in [3.63, 3.8) is 0 Å². The fourth-order valence-electron chi connectivity index (χ4n) is 2.84. The van der Waals surface area contributed by atoms with E-state index < -0.39 is 32.7 Å². The predicted molar refractivity (Wildman–Crippen MR) is 101 cm³/mol. The SMILES string of the molecule is CC(=O)O[Si](C)(C)CCCC(O)CCC(O)CCC(O)CCC(C)O.